The molecule has 0 bridgehead atoms. The normalized spacial score (nSPS) is 24.0. The second-order valence-corrected chi connectivity index (χ2v) is 10.1. The van der Waals surface area contributed by atoms with Gasteiger partial charge in [0, 0.05) is 16.1 Å². The van der Waals surface area contributed by atoms with Gasteiger partial charge < -0.3 is 5.32 Å². The van der Waals surface area contributed by atoms with Crippen molar-refractivity contribution in [2.24, 2.45) is 5.92 Å². The molecule has 2 aromatic carbocycles. The van der Waals surface area contributed by atoms with Crippen LogP contribution in [0.15, 0.2) is 64.0 Å². The number of sulfone groups is 1. The molecule has 26 heavy (non-hydrogen) atoms. The van der Waals surface area contributed by atoms with Gasteiger partial charge in [-0.3, -0.25) is 0 Å². The van der Waals surface area contributed by atoms with Crippen molar-refractivity contribution in [3.8, 4) is 0 Å². The van der Waals surface area contributed by atoms with Crippen molar-refractivity contribution in [3.63, 3.8) is 0 Å². The lowest BCUT2D eigenvalue weighted by atomic mass is 9.77. The minimum atomic E-state index is -3.20. The summed E-state index contributed by atoms with van der Waals surface area (Å²) in [5.74, 6) is 0.870. The maximum Gasteiger partial charge on any atom is 0.178 e. The fourth-order valence-electron chi connectivity index (χ4n) is 4.15. The van der Waals surface area contributed by atoms with Gasteiger partial charge in [0.2, 0.25) is 0 Å². The number of rotatable bonds is 4. The fourth-order valence-corrected chi connectivity index (χ4v) is 5.77. The van der Waals surface area contributed by atoms with Gasteiger partial charge in [-0.25, -0.2) is 8.42 Å². The first-order valence-corrected chi connectivity index (χ1v) is 11.5. The quantitative estimate of drug-likeness (QED) is 0.653. The molecule has 2 aliphatic rings. The van der Waals surface area contributed by atoms with E-state index in [2.05, 4.69) is 57.7 Å². The molecule has 3 atom stereocenters. The number of hydrogen-bond donors (Lipinski definition) is 1. The van der Waals surface area contributed by atoms with Crippen LogP contribution in [0.4, 0.5) is 5.69 Å². The highest BCUT2D eigenvalue weighted by Gasteiger charge is 2.38. The largest absolute Gasteiger partial charge is 0.378 e. The monoisotopic (exact) mass is 431 g/mol. The Kier molecular flexibility index (Phi) is 4.70. The summed E-state index contributed by atoms with van der Waals surface area (Å²) in [5.41, 5.74) is 3.41. The Morgan fingerprint density at radius 3 is 2.65 bits per heavy atom. The van der Waals surface area contributed by atoms with Crippen LogP contribution >= 0.6 is 15.9 Å². The summed E-state index contributed by atoms with van der Waals surface area (Å²) in [6.07, 6.45) is 6.11. The van der Waals surface area contributed by atoms with Gasteiger partial charge in [-0.15, -0.1) is 0 Å². The van der Waals surface area contributed by atoms with E-state index in [9.17, 15) is 8.42 Å². The third kappa shape index (κ3) is 3.12. The molecule has 5 heteroatoms. The Morgan fingerprint density at radius 1 is 1.15 bits per heavy atom. The SMILES string of the molecule is CCCS(=O)(=O)c1ccc2c(c1)[C@H]1C=CC[C@H]1[C@@H](c1ccc(Br)cc1)N2. The first-order valence-electron chi connectivity index (χ1n) is 9.05. The van der Waals surface area contributed by atoms with Crippen molar-refractivity contribution in [1.82, 2.24) is 0 Å². The van der Waals surface area contributed by atoms with E-state index >= 15 is 0 Å². The van der Waals surface area contributed by atoms with Gasteiger partial charge in [0.1, 0.15) is 0 Å². The highest BCUT2D eigenvalue weighted by Crippen LogP contribution is 2.50. The van der Waals surface area contributed by atoms with E-state index < -0.39 is 9.84 Å². The van der Waals surface area contributed by atoms with Crippen LogP contribution in [0.5, 0.6) is 0 Å². The standard InChI is InChI=1S/C21H22BrNO2S/c1-2-12-26(24,25)16-10-11-20-19(13-16)17-4-3-5-18(17)21(23-20)14-6-8-15(22)9-7-14/h3-4,6-11,13,17-18,21,23H,2,5,12H2,1H3/t17-,18+,21+/m0/s1. The molecule has 1 N–H and O–H groups in total. The summed E-state index contributed by atoms with van der Waals surface area (Å²) in [6.45, 7) is 1.90. The lowest BCUT2D eigenvalue weighted by molar-refractivity contribution is 0.425. The highest BCUT2D eigenvalue weighted by atomic mass is 79.9. The molecule has 0 unspecified atom stereocenters. The van der Waals surface area contributed by atoms with Crippen molar-refractivity contribution < 1.29 is 8.42 Å². The van der Waals surface area contributed by atoms with Crippen molar-refractivity contribution in [1.29, 1.82) is 0 Å². The molecule has 1 aliphatic carbocycles. The Bertz CT molecular complexity index is 950. The smallest absolute Gasteiger partial charge is 0.178 e. The number of hydrogen-bond acceptors (Lipinski definition) is 3. The topological polar surface area (TPSA) is 46.2 Å². The van der Waals surface area contributed by atoms with Crippen LogP contribution in [-0.2, 0) is 9.84 Å². The van der Waals surface area contributed by atoms with Crippen LogP contribution in [0.3, 0.4) is 0 Å². The molecule has 0 saturated heterocycles. The van der Waals surface area contributed by atoms with E-state index in [1.807, 2.05) is 19.1 Å². The predicted molar refractivity (Wildman–Crippen MR) is 109 cm³/mol. The van der Waals surface area contributed by atoms with Gasteiger partial charge >= 0.3 is 0 Å². The summed E-state index contributed by atoms with van der Waals surface area (Å²) >= 11 is 3.50. The minimum Gasteiger partial charge on any atom is -0.378 e. The van der Waals surface area contributed by atoms with Gasteiger partial charge in [-0.2, -0.15) is 0 Å². The second kappa shape index (κ2) is 6.86. The van der Waals surface area contributed by atoms with E-state index in [1.165, 1.54) is 5.56 Å². The van der Waals surface area contributed by atoms with Crippen LogP contribution in [-0.4, -0.2) is 14.2 Å². The molecule has 0 saturated carbocycles. The minimum absolute atomic E-state index is 0.199. The van der Waals surface area contributed by atoms with E-state index in [0.717, 1.165) is 22.1 Å². The number of nitrogens with one attached hydrogen (secondary N) is 1. The average molecular weight is 432 g/mol. The van der Waals surface area contributed by atoms with E-state index in [1.54, 1.807) is 6.07 Å². The van der Waals surface area contributed by atoms with Crippen LogP contribution in [0, 0.1) is 5.92 Å². The zero-order chi connectivity index (χ0) is 18.3. The lowest BCUT2D eigenvalue weighted by Gasteiger charge is -2.37. The van der Waals surface area contributed by atoms with Crippen LogP contribution in [0.1, 0.15) is 42.9 Å². The summed E-state index contributed by atoms with van der Waals surface area (Å²) in [5, 5.41) is 3.66. The molecule has 0 fully saturated rings. The maximum absolute atomic E-state index is 12.5. The van der Waals surface area contributed by atoms with Crippen LogP contribution in [0.25, 0.3) is 0 Å². The molecule has 0 amide bonds. The predicted octanol–water partition coefficient (Wildman–Crippen LogP) is 5.46. The summed E-state index contributed by atoms with van der Waals surface area (Å²) in [4.78, 5) is 0.445. The van der Waals surface area contributed by atoms with Gasteiger partial charge in [0.05, 0.1) is 16.7 Å². The first kappa shape index (κ1) is 17.8. The fraction of sp³-hybridized carbons (Fsp3) is 0.333. The molecular formula is C21H22BrNO2S. The second-order valence-electron chi connectivity index (χ2n) is 7.09. The van der Waals surface area contributed by atoms with Gasteiger partial charge in [0.25, 0.3) is 0 Å². The Labute approximate surface area is 163 Å². The maximum atomic E-state index is 12.5. The molecular weight excluding hydrogens is 410 g/mol. The summed E-state index contributed by atoms with van der Waals surface area (Å²) in [6, 6.07) is 14.3. The van der Waals surface area contributed by atoms with Crippen molar-refractivity contribution in [2.45, 2.75) is 36.6 Å². The van der Waals surface area contributed by atoms with Crippen molar-refractivity contribution in [3.05, 3.63) is 70.2 Å². The number of anilines is 1. The number of halogens is 1. The molecule has 4 rings (SSSR count). The van der Waals surface area contributed by atoms with Gasteiger partial charge in [-0.05, 0) is 60.2 Å². The van der Waals surface area contributed by atoms with Crippen molar-refractivity contribution >= 4 is 31.5 Å². The third-order valence-electron chi connectivity index (χ3n) is 5.40. The molecule has 3 nitrogen and oxygen atoms in total. The van der Waals surface area contributed by atoms with Crippen LogP contribution in [0.2, 0.25) is 0 Å². The molecule has 0 radical (unpaired) electrons. The number of allylic oxidation sites excluding steroid dienone is 2. The molecule has 0 spiro atoms. The van der Waals surface area contributed by atoms with E-state index in [-0.39, 0.29) is 17.7 Å². The van der Waals surface area contributed by atoms with Gasteiger partial charge in [0.15, 0.2) is 9.84 Å². The first-order chi connectivity index (χ1) is 12.5. The molecule has 2 aromatic rings. The molecule has 1 aliphatic heterocycles. The average Bonchev–Trinajstić information content (AvgIpc) is 3.11. The third-order valence-corrected chi connectivity index (χ3v) is 7.84. The lowest BCUT2D eigenvalue weighted by Crippen LogP contribution is -2.29. The van der Waals surface area contributed by atoms with Gasteiger partial charge in [-0.1, -0.05) is 47.1 Å². The zero-order valence-corrected chi connectivity index (χ0v) is 17.1. The molecule has 0 aromatic heterocycles. The highest BCUT2D eigenvalue weighted by molar-refractivity contribution is 9.10. The van der Waals surface area contributed by atoms with E-state index in [4.69, 9.17) is 0 Å². The van der Waals surface area contributed by atoms with Crippen molar-refractivity contribution in [2.75, 3.05) is 11.1 Å². The summed E-state index contributed by atoms with van der Waals surface area (Å²) < 4.78 is 26.0. The Balaban J connectivity index is 1.74. The molecule has 136 valence electrons. The summed E-state index contributed by atoms with van der Waals surface area (Å²) in [7, 11) is -3.20. The Hall–Kier alpha value is -1.59. The van der Waals surface area contributed by atoms with Crippen LogP contribution < -0.4 is 5.32 Å². The zero-order valence-electron chi connectivity index (χ0n) is 14.7. The number of benzene rings is 2. The number of fused-ring (bicyclic) bond motifs is 3. The Morgan fingerprint density at radius 2 is 1.92 bits per heavy atom. The van der Waals surface area contributed by atoms with E-state index in [0.29, 0.717) is 17.2 Å². The molecule has 1 heterocycles.